The highest BCUT2D eigenvalue weighted by molar-refractivity contribution is 7.70. The average Bonchev–Trinajstić information content (AvgIpc) is 3.45. The topological polar surface area (TPSA) is 167 Å². The smallest absolute Gasteiger partial charge is 0.340 e. The monoisotopic (exact) mass is 542 g/mol. The predicted octanol–water partition coefficient (Wildman–Crippen LogP) is 2.40. The number of aromatic nitrogens is 3. The summed E-state index contributed by atoms with van der Waals surface area (Å²) < 4.78 is 49.5. The highest BCUT2D eigenvalue weighted by Gasteiger charge is 2.47. The molecule has 1 aliphatic carbocycles. The molecule has 0 spiro atoms. The van der Waals surface area contributed by atoms with E-state index >= 15 is 4.39 Å². The van der Waals surface area contributed by atoms with Gasteiger partial charge in [0, 0.05) is 19.3 Å². The van der Waals surface area contributed by atoms with Crippen LogP contribution < -0.4 is 4.90 Å². The number of halogens is 2. The molecule has 1 saturated heterocycles. The Balaban J connectivity index is 1.56. The number of anilines is 1. The lowest BCUT2D eigenvalue weighted by molar-refractivity contribution is -0.0423. The molecule has 2 fully saturated rings. The van der Waals surface area contributed by atoms with Gasteiger partial charge in [0.1, 0.15) is 23.7 Å². The molecule has 3 heterocycles. The highest BCUT2D eigenvalue weighted by Crippen LogP contribution is 2.55. The standard InChI is InChI=1S/C18H26ClFN4O8P2/c1-23(10-4-2-3-5-10)15-11-6-7-24(16(11)22-18(19)21-15)17-13(20)14(25)12(32-17)8-31-34(29,30)9-33(26,27)28/h6-7,10,12-14,17,25H,2-5,8-9H2,1H3,(H,29,30)(H2,26,27,28)/t12-,13+,14-,17-/m1/s1. The van der Waals surface area contributed by atoms with E-state index in [1.165, 1.54) is 10.8 Å². The summed E-state index contributed by atoms with van der Waals surface area (Å²) in [6, 6.07) is 1.99. The Morgan fingerprint density at radius 3 is 2.62 bits per heavy atom. The first kappa shape index (κ1) is 25.9. The van der Waals surface area contributed by atoms with Gasteiger partial charge in [0.15, 0.2) is 18.3 Å². The fourth-order valence-corrected chi connectivity index (χ4v) is 7.19. The molecule has 1 unspecified atom stereocenters. The van der Waals surface area contributed by atoms with Crippen LogP contribution in [0.25, 0.3) is 11.0 Å². The van der Waals surface area contributed by atoms with Crippen molar-refractivity contribution in [3.63, 3.8) is 0 Å². The van der Waals surface area contributed by atoms with Crippen LogP contribution in [0.3, 0.4) is 0 Å². The molecule has 34 heavy (non-hydrogen) atoms. The first-order valence-electron chi connectivity index (χ1n) is 10.6. The number of fused-ring (bicyclic) bond motifs is 1. The molecule has 190 valence electrons. The zero-order chi connectivity index (χ0) is 24.8. The zero-order valence-corrected chi connectivity index (χ0v) is 20.7. The molecule has 4 N–H and O–H groups in total. The van der Waals surface area contributed by atoms with Gasteiger partial charge in [-0.05, 0) is 30.5 Å². The van der Waals surface area contributed by atoms with Crippen molar-refractivity contribution in [2.24, 2.45) is 0 Å². The molecule has 12 nitrogen and oxygen atoms in total. The minimum Gasteiger partial charge on any atom is -0.387 e. The second-order valence-electron chi connectivity index (χ2n) is 8.57. The van der Waals surface area contributed by atoms with Gasteiger partial charge in [-0.1, -0.05) is 12.8 Å². The van der Waals surface area contributed by atoms with Gasteiger partial charge in [0.25, 0.3) is 0 Å². The van der Waals surface area contributed by atoms with Gasteiger partial charge in [-0.2, -0.15) is 9.97 Å². The van der Waals surface area contributed by atoms with E-state index in [0.717, 1.165) is 25.7 Å². The molecular formula is C18H26ClFN4O8P2. The quantitative estimate of drug-likeness (QED) is 0.285. The van der Waals surface area contributed by atoms with E-state index < -0.39 is 52.3 Å². The Morgan fingerprint density at radius 1 is 1.29 bits per heavy atom. The van der Waals surface area contributed by atoms with Gasteiger partial charge < -0.3 is 38.5 Å². The molecule has 2 aromatic rings. The summed E-state index contributed by atoms with van der Waals surface area (Å²) in [5.41, 5.74) is 0.288. The van der Waals surface area contributed by atoms with Crippen LogP contribution in [0, 0.1) is 0 Å². The van der Waals surface area contributed by atoms with E-state index in [2.05, 4.69) is 9.97 Å². The lowest BCUT2D eigenvalue weighted by Crippen LogP contribution is -2.31. The maximum Gasteiger partial charge on any atom is 0.340 e. The molecule has 0 aromatic carbocycles. The average molecular weight is 543 g/mol. The zero-order valence-electron chi connectivity index (χ0n) is 18.1. The molecule has 5 atom stereocenters. The molecule has 2 aliphatic rings. The molecule has 1 aliphatic heterocycles. The molecule has 16 heteroatoms. The number of aliphatic hydroxyl groups excluding tert-OH is 1. The third kappa shape index (κ3) is 5.48. The summed E-state index contributed by atoms with van der Waals surface area (Å²) >= 11 is 6.17. The van der Waals surface area contributed by atoms with E-state index in [1.807, 2.05) is 11.9 Å². The maximum atomic E-state index is 15.0. The van der Waals surface area contributed by atoms with Gasteiger partial charge in [-0.15, -0.1) is 0 Å². The summed E-state index contributed by atoms with van der Waals surface area (Å²) in [6.45, 7) is -0.753. The SMILES string of the molecule is CN(c1nc(Cl)nc2c1ccn2[C@@H]1O[C@H](COP(=O)(O)CP(=O)(O)O)[C@@H](O)[C@@H]1F)C1CCCC1. The van der Waals surface area contributed by atoms with Crippen molar-refractivity contribution in [2.45, 2.75) is 56.3 Å². The first-order valence-corrected chi connectivity index (χ1v) is 14.6. The number of hydrogen-bond acceptors (Lipinski definition) is 8. The maximum absolute atomic E-state index is 15.0. The molecule has 4 rings (SSSR count). The van der Waals surface area contributed by atoms with Gasteiger partial charge in [0.2, 0.25) is 5.28 Å². The van der Waals surface area contributed by atoms with Crippen LogP contribution in [0.15, 0.2) is 12.3 Å². The van der Waals surface area contributed by atoms with Gasteiger partial charge in [0.05, 0.1) is 12.0 Å². The van der Waals surface area contributed by atoms with Crippen molar-refractivity contribution in [3.05, 3.63) is 17.5 Å². The Morgan fingerprint density at radius 2 is 1.97 bits per heavy atom. The van der Waals surface area contributed by atoms with Crippen molar-refractivity contribution in [2.75, 3.05) is 24.5 Å². The third-order valence-corrected chi connectivity index (χ3v) is 9.73. The van der Waals surface area contributed by atoms with Crippen LogP contribution in [0.2, 0.25) is 5.28 Å². The van der Waals surface area contributed by atoms with Crippen LogP contribution in [0.5, 0.6) is 0 Å². The number of ether oxygens (including phenoxy) is 1. The van der Waals surface area contributed by atoms with Gasteiger partial charge in [-0.25, -0.2) is 4.39 Å². The second-order valence-corrected chi connectivity index (χ2v) is 12.9. The minimum absolute atomic E-state index is 0.0419. The molecule has 0 bridgehead atoms. The van der Waals surface area contributed by atoms with E-state index in [4.69, 9.17) is 30.6 Å². The van der Waals surface area contributed by atoms with Crippen LogP contribution in [-0.4, -0.2) is 78.3 Å². The van der Waals surface area contributed by atoms with Crippen molar-refractivity contribution in [3.8, 4) is 0 Å². The van der Waals surface area contributed by atoms with Gasteiger partial charge >= 0.3 is 15.2 Å². The van der Waals surface area contributed by atoms with Crippen molar-refractivity contribution < 1.29 is 42.6 Å². The third-order valence-electron chi connectivity index (χ3n) is 6.10. The number of aliphatic hydroxyl groups is 1. The number of hydrogen-bond donors (Lipinski definition) is 4. The van der Waals surface area contributed by atoms with E-state index in [9.17, 15) is 19.1 Å². The normalized spacial score (nSPS) is 28.0. The lowest BCUT2D eigenvalue weighted by atomic mass is 10.1. The number of nitrogens with zero attached hydrogens (tertiary/aromatic N) is 4. The Kier molecular flexibility index (Phi) is 7.42. The minimum atomic E-state index is -4.83. The van der Waals surface area contributed by atoms with Crippen LogP contribution >= 0.6 is 26.8 Å². The molecule has 0 amide bonds. The van der Waals surface area contributed by atoms with Crippen molar-refractivity contribution in [1.82, 2.24) is 14.5 Å². The summed E-state index contributed by atoms with van der Waals surface area (Å²) in [6.07, 6.45) is -0.596. The molecule has 0 radical (unpaired) electrons. The highest BCUT2D eigenvalue weighted by atomic mass is 35.5. The van der Waals surface area contributed by atoms with Crippen molar-refractivity contribution >= 4 is 43.6 Å². The van der Waals surface area contributed by atoms with Crippen LogP contribution in [0.4, 0.5) is 10.2 Å². The number of alkyl halides is 1. The fourth-order valence-electron chi connectivity index (χ4n) is 4.46. The summed E-state index contributed by atoms with van der Waals surface area (Å²) in [5.74, 6) is -0.812. The molecular weight excluding hydrogens is 517 g/mol. The Hall–Kier alpha value is -1.14. The fraction of sp³-hybridized carbons (Fsp3) is 0.667. The Labute approximate surface area is 199 Å². The lowest BCUT2D eigenvalue weighted by Gasteiger charge is -2.26. The predicted molar refractivity (Wildman–Crippen MR) is 121 cm³/mol. The molecule has 2 aromatic heterocycles. The van der Waals surface area contributed by atoms with Crippen LogP contribution in [-0.2, 0) is 18.4 Å². The van der Waals surface area contributed by atoms with E-state index in [-0.39, 0.29) is 10.9 Å². The van der Waals surface area contributed by atoms with E-state index in [0.29, 0.717) is 17.2 Å². The largest absolute Gasteiger partial charge is 0.387 e. The summed E-state index contributed by atoms with van der Waals surface area (Å²) in [7, 11) is -7.61. The van der Waals surface area contributed by atoms with Crippen molar-refractivity contribution in [1.29, 1.82) is 0 Å². The second kappa shape index (κ2) is 9.72. The number of rotatable bonds is 8. The van der Waals surface area contributed by atoms with Crippen LogP contribution in [0.1, 0.15) is 31.9 Å². The first-order chi connectivity index (χ1) is 15.9. The molecule has 1 saturated carbocycles. The van der Waals surface area contributed by atoms with Gasteiger partial charge in [-0.3, -0.25) is 9.13 Å². The Bertz CT molecular complexity index is 1140. The summed E-state index contributed by atoms with van der Waals surface area (Å²) in [4.78, 5) is 38.0. The summed E-state index contributed by atoms with van der Waals surface area (Å²) in [5, 5.41) is 10.9. The van der Waals surface area contributed by atoms with E-state index in [1.54, 1.807) is 6.07 Å².